The van der Waals surface area contributed by atoms with Crippen LogP contribution >= 0.6 is 11.6 Å². The Morgan fingerprint density at radius 1 is 1.11 bits per heavy atom. The third-order valence-electron chi connectivity index (χ3n) is 2.76. The van der Waals surface area contributed by atoms with Crippen LogP contribution in [0.1, 0.15) is 21.5 Å². The highest BCUT2D eigenvalue weighted by Gasteiger charge is 2.11. The number of halogens is 1. The number of hydrogen-bond acceptors (Lipinski definition) is 2. The van der Waals surface area contributed by atoms with E-state index in [0.29, 0.717) is 28.2 Å². The van der Waals surface area contributed by atoms with Gasteiger partial charge in [0.2, 0.25) is 6.41 Å². The number of anilines is 1. The molecular weight excluding hydrogens is 262 g/mol. The Bertz CT molecular complexity index is 621. The van der Waals surface area contributed by atoms with Crippen molar-refractivity contribution in [3.05, 3.63) is 64.2 Å². The Labute approximate surface area is 116 Å². The number of rotatable bonds is 4. The molecule has 3 nitrogen and oxygen atoms in total. The molecule has 2 aromatic rings. The van der Waals surface area contributed by atoms with Gasteiger partial charge in [-0.05, 0) is 25.1 Å². The number of carbonyl (C=O) groups is 2. The van der Waals surface area contributed by atoms with E-state index in [9.17, 15) is 9.59 Å². The van der Waals surface area contributed by atoms with Gasteiger partial charge in [0.25, 0.3) is 0 Å². The second-order valence-electron chi connectivity index (χ2n) is 4.15. The highest BCUT2D eigenvalue weighted by atomic mass is 35.5. The van der Waals surface area contributed by atoms with E-state index in [1.807, 2.05) is 19.1 Å². The summed E-state index contributed by atoms with van der Waals surface area (Å²) in [7, 11) is 0. The first kappa shape index (κ1) is 13.3. The van der Waals surface area contributed by atoms with E-state index >= 15 is 0 Å². The van der Waals surface area contributed by atoms with E-state index in [-0.39, 0.29) is 5.78 Å². The van der Waals surface area contributed by atoms with Gasteiger partial charge in [-0.1, -0.05) is 41.4 Å². The highest BCUT2D eigenvalue weighted by molar-refractivity contribution is 6.33. The summed E-state index contributed by atoms with van der Waals surface area (Å²) in [5, 5.41) is 2.86. The van der Waals surface area contributed by atoms with Crippen LogP contribution in [0.5, 0.6) is 0 Å². The van der Waals surface area contributed by atoms with Crippen LogP contribution in [-0.2, 0) is 4.79 Å². The molecule has 0 bridgehead atoms. The normalized spacial score (nSPS) is 10.0. The lowest BCUT2D eigenvalue weighted by Gasteiger charge is -2.06. The first-order chi connectivity index (χ1) is 9.11. The maximum atomic E-state index is 12.3. The van der Waals surface area contributed by atoms with Gasteiger partial charge in [0.1, 0.15) is 0 Å². The van der Waals surface area contributed by atoms with Crippen LogP contribution in [-0.4, -0.2) is 12.2 Å². The van der Waals surface area contributed by atoms with E-state index in [4.69, 9.17) is 11.6 Å². The van der Waals surface area contributed by atoms with E-state index in [2.05, 4.69) is 5.32 Å². The largest absolute Gasteiger partial charge is 0.327 e. The van der Waals surface area contributed by atoms with Crippen LogP contribution in [0.25, 0.3) is 0 Å². The molecule has 0 aliphatic rings. The minimum absolute atomic E-state index is 0.106. The molecule has 2 rings (SSSR count). The first-order valence-electron chi connectivity index (χ1n) is 5.73. The SMILES string of the molecule is Cc1ccc(C(=O)c2ccc(Cl)c(NC=O)c2)cc1. The predicted octanol–water partition coefficient (Wildman–Crippen LogP) is 3.45. The molecule has 0 spiro atoms. The predicted molar refractivity (Wildman–Crippen MR) is 75.8 cm³/mol. The number of amides is 1. The van der Waals surface area contributed by atoms with Gasteiger partial charge in [0, 0.05) is 11.1 Å². The lowest BCUT2D eigenvalue weighted by molar-refractivity contribution is -0.105. The summed E-state index contributed by atoms with van der Waals surface area (Å²) in [5.41, 5.74) is 2.60. The van der Waals surface area contributed by atoms with E-state index in [1.165, 1.54) is 0 Å². The maximum Gasteiger partial charge on any atom is 0.211 e. The molecule has 0 unspecified atom stereocenters. The van der Waals surface area contributed by atoms with Gasteiger partial charge in [0.15, 0.2) is 5.78 Å². The second-order valence-corrected chi connectivity index (χ2v) is 4.56. The Balaban J connectivity index is 2.36. The summed E-state index contributed by atoms with van der Waals surface area (Å²) in [5.74, 6) is -0.106. The molecule has 0 aliphatic heterocycles. The van der Waals surface area contributed by atoms with Crippen LogP contribution in [0.2, 0.25) is 5.02 Å². The zero-order valence-corrected chi connectivity index (χ0v) is 11.1. The summed E-state index contributed by atoms with van der Waals surface area (Å²) in [6.45, 7) is 1.96. The van der Waals surface area contributed by atoms with Gasteiger partial charge in [-0.3, -0.25) is 9.59 Å². The van der Waals surface area contributed by atoms with Gasteiger partial charge in [0.05, 0.1) is 10.7 Å². The summed E-state index contributed by atoms with van der Waals surface area (Å²) >= 11 is 5.91. The zero-order chi connectivity index (χ0) is 13.8. The molecule has 0 atom stereocenters. The summed E-state index contributed by atoms with van der Waals surface area (Å²) < 4.78 is 0. The van der Waals surface area contributed by atoms with Crippen molar-refractivity contribution in [1.29, 1.82) is 0 Å². The van der Waals surface area contributed by atoms with Crippen LogP contribution in [0.15, 0.2) is 42.5 Å². The molecule has 1 amide bonds. The maximum absolute atomic E-state index is 12.3. The Morgan fingerprint density at radius 3 is 2.37 bits per heavy atom. The Morgan fingerprint density at radius 2 is 1.74 bits per heavy atom. The van der Waals surface area contributed by atoms with Crippen LogP contribution < -0.4 is 5.32 Å². The molecule has 0 radical (unpaired) electrons. The van der Waals surface area contributed by atoms with Gasteiger partial charge >= 0.3 is 0 Å². The smallest absolute Gasteiger partial charge is 0.211 e. The Hall–Kier alpha value is -2.13. The van der Waals surface area contributed by atoms with Crippen molar-refractivity contribution in [3.63, 3.8) is 0 Å². The molecule has 2 aromatic carbocycles. The number of carbonyl (C=O) groups excluding carboxylic acids is 2. The van der Waals surface area contributed by atoms with E-state index in [0.717, 1.165) is 5.56 Å². The average molecular weight is 274 g/mol. The second kappa shape index (κ2) is 5.67. The summed E-state index contributed by atoms with van der Waals surface area (Å²) in [6, 6.07) is 12.1. The fourth-order valence-electron chi connectivity index (χ4n) is 1.71. The zero-order valence-electron chi connectivity index (χ0n) is 10.3. The van der Waals surface area contributed by atoms with Crippen LogP contribution in [0.4, 0.5) is 5.69 Å². The van der Waals surface area contributed by atoms with Crippen molar-refractivity contribution in [1.82, 2.24) is 0 Å². The highest BCUT2D eigenvalue weighted by Crippen LogP contribution is 2.24. The van der Waals surface area contributed by atoms with Crippen LogP contribution in [0.3, 0.4) is 0 Å². The quantitative estimate of drug-likeness (QED) is 0.685. The number of hydrogen-bond donors (Lipinski definition) is 1. The third kappa shape index (κ3) is 3.01. The summed E-state index contributed by atoms with van der Waals surface area (Å²) in [4.78, 5) is 22.7. The molecule has 0 aliphatic carbocycles. The average Bonchev–Trinajstić information content (AvgIpc) is 2.41. The minimum Gasteiger partial charge on any atom is -0.327 e. The lowest BCUT2D eigenvalue weighted by atomic mass is 10.0. The topological polar surface area (TPSA) is 46.2 Å². The molecule has 0 fully saturated rings. The molecule has 1 N–H and O–H groups in total. The molecule has 96 valence electrons. The van der Waals surface area contributed by atoms with Gasteiger partial charge in [-0.2, -0.15) is 0 Å². The van der Waals surface area contributed by atoms with Crippen molar-refractivity contribution >= 4 is 29.5 Å². The number of aryl methyl sites for hydroxylation is 1. The fourth-order valence-corrected chi connectivity index (χ4v) is 1.88. The van der Waals surface area contributed by atoms with Gasteiger partial charge in [-0.15, -0.1) is 0 Å². The van der Waals surface area contributed by atoms with Crippen molar-refractivity contribution in [3.8, 4) is 0 Å². The Kier molecular flexibility index (Phi) is 3.97. The van der Waals surface area contributed by atoms with Crippen molar-refractivity contribution in [2.24, 2.45) is 0 Å². The third-order valence-corrected chi connectivity index (χ3v) is 3.09. The van der Waals surface area contributed by atoms with Crippen molar-refractivity contribution < 1.29 is 9.59 Å². The number of benzene rings is 2. The molecule has 0 saturated carbocycles. The van der Waals surface area contributed by atoms with Crippen LogP contribution in [0, 0.1) is 6.92 Å². The molecule has 0 saturated heterocycles. The minimum atomic E-state index is -0.106. The van der Waals surface area contributed by atoms with Gasteiger partial charge < -0.3 is 5.32 Å². The molecule has 0 aromatic heterocycles. The standard InChI is InChI=1S/C15H12ClNO2/c1-10-2-4-11(5-3-10)15(19)12-6-7-13(16)14(8-12)17-9-18/h2-9H,1H3,(H,17,18). The van der Waals surface area contributed by atoms with Crippen molar-refractivity contribution in [2.75, 3.05) is 5.32 Å². The fraction of sp³-hybridized carbons (Fsp3) is 0.0667. The number of ketones is 1. The molecule has 0 heterocycles. The molecular formula is C15H12ClNO2. The first-order valence-corrected chi connectivity index (χ1v) is 6.10. The number of nitrogens with one attached hydrogen (secondary N) is 1. The van der Waals surface area contributed by atoms with E-state index < -0.39 is 0 Å². The van der Waals surface area contributed by atoms with E-state index in [1.54, 1.807) is 30.3 Å². The summed E-state index contributed by atoms with van der Waals surface area (Å²) in [6.07, 6.45) is 0.529. The van der Waals surface area contributed by atoms with Crippen molar-refractivity contribution in [2.45, 2.75) is 6.92 Å². The lowest BCUT2D eigenvalue weighted by Crippen LogP contribution is -2.03. The molecule has 4 heteroatoms. The monoisotopic (exact) mass is 273 g/mol. The van der Waals surface area contributed by atoms with Gasteiger partial charge in [-0.25, -0.2) is 0 Å². The molecule has 19 heavy (non-hydrogen) atoms.